The Morgan fingerprint density at radius 2 is 1.96 bits per heavy atom. The largest absolute Gasteiger partial charge is 0.444 e. The summed E-state index contributed by atoms with van der Waals surface area (Å²) < 4.78 is 6.03. The van der Waals surface area contributed by atoms with Gasteiger partial charge in [-0.3, -0.25) is 0 Å². The molecule has 0 saturated heterocycles. The fourth-order valence-electron chi connectivity index (χ4n) is 2.64. The van der Waals surface area contributed by atoms with Gasteiger partial charge in [0.25, 0.3) is 0 Å². The van der Waals surface area contributed by atoms with Gasteiger partial charge < -0.3 is 15.4 Å². The van der Waals surface area contributed by atoms with Crippen LogP contribution in [0.4, 0.5) is 10.6 Å². The van der Waals surface area contributed by atoms with Gasteiger partial charge in [0.05, 0.1) is 12.4 Å². The van der Waals surface area contributed by atoms with E-state index in [-0.39, 0.29) is 12.1 Å². The highest BCUT2D eigenvalue weighted by Gasteiger charge is 2.24. The van der Waals surface area contributed by atoms with Gasteiger partial charge >= 0.3 is 6.09 Å². The Bertz CT molecular complexity index is 508. The van der Waals surface area contributed by atoms with E-state index in [1.807, 2.05) is 20.8 Å². The smallest absolute Gasteiger partial charge is 0.407 e. The summed E-state index contributed by atoms with van der Waals surface area (Å²) in [7, 11) is 0. The Kier molecular flexibility index (Phi) is 6.21. The van der Waals surface area contributed by atoms with Gasteiger partial charge in [0.15, 0.2) is 0 Å². The van der Waals surface area contributed by atoms with E-state index in [0.717, 1.165) is 42.6 Å². The summed E-state index contributed by atoms with van der Waals surface area (Å²) in [6.07, 6.45) is 7.22. The van der Waals surface area contributed by atoms with Gasteiger partial charge in [-0.25, -0.2) is 14.8 Å². The van der Waals surface area contributed by atoms with Crippen LogP contribution < -0.4 is 10.6 Å². The third-order valence-corrected chi connectivity index (χ3v) is 4.17. The van der Waals surface area contributed by atoms with E-state index in [1.165, 1.54) is 0 Å². The van der Waals surface area contributed by atoms with Crippen molar-refractivity contribution in [2.24, 2.45) is 5.92 Å². The molecule has 1 aromatic rings. The predicted octanol–water partition coefficient (Wildman–Crippen LogP) is 3.73. The van der Waals surface area contributed by atoms with Gasteiger partial charge in [0.1, 0.15) is 16.0 Å². The van der Waals surface area contributed by atoms with Gasteiger partial charge in [-0.2, -0.15) is 0 Å². The van der Waals surface area contributed by atoms with Gasteiger partial charge in [-0.15, -0.1) is 0 Å². The molecule has 1 aliphatic rings. The summed E-state index contributed by atoms with van der Waals surface area (Å²) in [5, 5.41) is 6.29. The molecule has 0 spiro atoms. The highest BCUT2D eigenvalue weighted by molar-refractivity contribution is 9.10. The molecule has 2 rings (SSSR count). The molecule has 7 heteroatoms. The molecule has 128 valence electrons. The predicted molar refractivity (Wildman–Crippen MR) is 93.3 cm³/mol. The lowest BCUT2D eigenvalue weighted by molar-refractivity contribution is 0.0488. The second-order valence-electron chi connectivity index (χ2n) is 6.97. The summed E-state index contributed by atoms with van der Waals surface area (Å²) in [6, 6.07) is 0.216. The summed E-state index contributed by atoms with van der Waals surface area (Å²) in [6.45, 7) is 6.51. The Labute approximate surface area is 145 Å². The average molecular weight is 385 g/mol. The van der Waals surface area contributed by atoms with Crippen LogP contribution >= 0.6 is 15.9 Å². The minimum absolute atomic E-state index is 0.216. The number of anilines is 1. The lowest BCUT2D eigenvalue weighted by Gasteiger charge is -2.30. The van der Waals surface area contributed by atoms with Gasteiger partial charge in [-0.1, -0.05) is 0 Å². The molecule has 0 radical (unpaired) electrons. The van der Waals surface area contributed by atoms with Crippen molar-refractivity contribution in [1.82, 2.24) is 15.3 Å². The number of alkyl carbamates (subject to hydrolysis) is 1. The zero-order chi connectivity index (χ0) is 16.9. The van der Waals surface area contributed by atoms with Gasteiger partial charge in [-0.05, 0) is 68.3 Å². The van der Waals surface area contributed by atoms with E-state index in [9.17, 15) is 4.79 Å². The summed E-state index contributed by atoms with van der Waals surface area (Å²) in [5.41, 5.74) is -0.448. The Hall–Kier alpha value is -1.37. The van der Waals surface area contributed by atoms with Crippen molar-refractivity contribution < 1.29 is 9.53 Å². The molecule has 1 aliphatic carbocycles. The lowest BCUT2D eigenvalue weighted by Crippen LogP contribution is -2.41. The van der Waals surface area contributed by atoms with Crippen LogP contribution in [-0.2, 0) is 4.74 Å². The summed E-state index contributed by atoms with van der Waals surface area (Å²) >= 11 is 3.27. The molecular weight excluding hydrogens is 360 g/mol. The maximum atomic E-state index is 11.8. The van der Waals surface area contributed by atoms with E-state index in [0.29, 0.717) is 5.92 Å². The van der Waals surface area contributed by atoms with Crippen molar-refractivity contribution in [1.29, 1.82) is 0 Å². The number of hydrogen-bond acceptors (Lipinski definition) is 5. The molecule has 1 fully saturated rings. The molecule has 1 saturated carbocycles. The molecular formula is C16H25BrN4O2. The minimum Gasteiger partial charge on any atom is -0.444 e. The van der Waals surface area contributed by atoms with Crippen molar-refractivity contribution >= 4 is 27.8 Å². The van der Waals surface area contributed by atoms with E-state index in [4.69, 9.17) is 4.74 Å². The Morgan fingerprint density at radius 1 is 1.26 bits per heavy atom. The van der Waals surface area contributed by atoms with Gasteiger partial charge in [0, 0.05) is 12.6 Å². The van der Waals surface area contributed by atoms with Crippen molar-refractivity contribution in [3.63, 3.8) is 0 Å². The van der Waals surface area contributed by atoms with E-state index in [2.05, 4.69) is 36.5 Å². The topological polar surface area (TPSA) is 76.1 Å². The minimum atomic E-state index is -0.448. The number of aromatic nitrogens is 2. The highest BCUT2D eigenvalue weighted by atomic mass is 79.9. The van der Waals surface area contributed by atoms with Crippen LogP contribution in [0.15, 0.2) is 17.0 Å². The SMILES string of the molecule is CC(C)(C)OC(=O)NC1CCC(CNc2cnc(Br)cn2)CC1. The molecule has 6 nitrogen and oxygen atoms in total. The third kappa shape index (κ3) is 6.72. The molecule has 0 unspecified atom stereocenters. The number of nitrogens with zero attached hydrogens (tertiary/aromatic N) is 2. The number of ether oxygens (including phenoxy) is 1. The molecule has 1 amide bonds. The van der Waals surface area contributed by atoms with Crippen molar-refractivity contribution in [3.8, 4) is 0 Å². The lowest BCUT2D eigenvalue weighted by atomic mass is 9.86. The molecule has 2 N–H and O–H groups in total. The van der Waals surface area contributed by atoms with Crippen LogP contribution in [0, 0.1) is 5.92 Å². The van der Waals surface area contributed by atoms with Crippen molar-refractivity contribution in [3.05, 3.63) is 17.0 Å². The first-order valence-electron chi connectivity index (χ1n) is 8.03. The van der Waals surface area contributed by atoms with Crippen LogP contribution in [0.3, 0.4) is 0 Å². The van der Waals surface area contributed by atoms with Crippen LogP contribution in [0.1, 0.15) is 46.5 Å². The fourth-order valence-corrected chi connectivity index (χ4v) is 2.84. The Balaban J connectivity index is 1.67. The molecule has 1 heterocycles. The fraction of sp³-hybridized carbons (Fsp3) is 0.688. The number of nitrogens with one attached hydrogen (secondary N) is 2. The molecule has 0 aliphatic heterocycles. The van der Waals surface area contributed by atoms with E-state index < -0.39 is 5.60 Å². The normalized spacial score (nSPS) is 21.6. The molecule has 23 heavy (non-hydrogen) atoms. The van der Waals surface area contributed by atoms with Crippen molar-refractivity contribution in [2.45, 2.75) is 58.1 Å². The van der Waals surface area contributed by atoms with Gasteiger partial charge in [0.2, 0.25) is 0 Å². The maximum absolute atomic E-state index is 11.8. The maximum Gasteiger partial charge on any atom is 0.407 e. The number of amides is 1. The third-order valence-electron chi connectivity index (χ3n) is 3.76. The second-order valence-corrected chi connectivity index (χ2v) is 7.78. The number of rotatable bonds is 4. The Morgan fingerprint density at radius 3 is 2.52 bits per heavy atom. The first-order valence-corrected chi connectivity index (χ1v) is 8.82. The molecule has 0 aromatic carbocycles. The van der Waals surface area contributed by atoms with E-state index >= 15 is 0 Å². The molecule has 1 aromatic heterocycles. The summed E-state index contributed by atoms with van der Waals surface area (Å²) in [4.78, 5) is 20.2. The number of carbonyl (C=O) groups is 1. The average Bonchev–Trinajstić information content (AvgIpc) is 2.46. The monoisotopic (exact) mass is 384 g/mol. The van der Waals surface area contributed by atoms with E-state index in [1.54, 1.807) is 12.4 Å². The standard InChI is InChI=1S/C16H25BrN4O2/c1-16(2,3)23-15(22)21-12-6-4-11(5-7-12)8-19-14-10-18-13(17)9-20-14/h9-12H,4-8H2,1-3H3,(H,19,20)(H,21,22). The van der Waals surface area contributed by atoms with Crippen molar-refractivity contribution in [2.75, 3.05) is 11.9 Å². The van der Waals surface area contributed by atoms with Crippen LogP contribution in [0.2, 0.25) is 0 Å². The number of halogens is 1. The highest BCUT2D eigenvalue weighted by Crippen LogP contribution is 2.25. The second kappa shape index (κ2) is 7.95. The van der Waals surface area contributed by atoms with Crippen LogP contribution in [-0.4, -0.2) is 34.2 Å². The quantitative estimate of drug-likeness (QED) is 0.826. The van der Waals surface area contributed by atoms with Crippen LogP contribution in [0.5, 0.6) is 0 Å². The number of hydrogen-bond donors (Lipinski definition) is 2. The molecule has 0 atom stereocenters. The first-order chi connectivity index (χ1) is 10.8. The molecule has 0 bridgehead atoms. The summed E-state index contributed by atoms with van der Waals surface area (Å²) in [5.74, 6) is 1.39. The zero-order valence-corrected chi connectivity index (χ0v) is 15.5. The number of carbonyl (C=O) groups excluding carboxylic acids is 1. The zero-order valence-electron chi connectivity index (χ0n) is 13.9. The first kappa shape index (κ1) is 18.0. The van der Waals surface area contributed by atoms with Crippen LogP contribution in [0.25, 0.3) is 0 Å².